The average molecular weight is 115 g/mol. The Bertz CT molecular complexity index is 29.0. The first-order valence-corrected chi connectivity index (χ1v) is 4.01. The first-order chi connectivity index (χ1) is 1.73. The Hall–Kier alpha value is 0.597. The van der Waals surface area contributed by atoms with Crippen LogP contribution in [0.3, 0.4) is 0 Å². The summed E-state index contributed by atoms with van der Waals surface area (Å²) < 4.78 is 9.16. The standard InChI is InChI=1S/Cl2OSi/c1-4(2)3. The molecule has 0 aromatic carbocycles. The molecule has 0 heterocycles. The van der Waals surface area contributed by atoms with Gasteiger partial charge < -0.3 is 4.46 Å². The molecule has 0 N–H and O–H groups in total. The summed E-state index contributed by atoms with van der Waals surface area (Å²) >= 11 is 9.17. The van der Waals surface area contributed by atoms with Crippen molar-refractivity contribution in [2.24, 2.45) is 0 Å². The molecule has 0 radical (unpaired) electrons. The third-order valence-corrected chi connectivity index (χ3v) is 0. The van der Waals surface area contributed by atoms with E-state index in [1.807, 2.05) is 0 Å². The maximum atomic E-state index is 9.16. The van der Waals surface area contributed by atoms with Crippen LogP contribution in [0.1, 0.15) is 0 Å². The Kier molecular flexibility index (Phi) is 2.15. The van der Waals surface area contributed by atoms with Crippen molar-refractivity contribution in [3.63, 3.8) is 0 Å². The van der Waals surface area contributed by atoms with Gasteiger partial charge in [-0.1, -0.05) is 22.2 Å². The third-order valence-electron chi connectivity index (χ3n) is 0. The predicted molar refractivity (Wildman–Crippen MR) is 18.1 cm³/mol. The van der Waals surface area contributed by atoms with Gasteiger partial charge in [-0.05, 0) is 0 Å². The molecular formula is Cl2OSi. The first-order valence-electron chi connectivity index (χ1n) is 0.582. The molecule has 0 amide bonds. The Balaban J connectivity index is 2.80. The van der Waals surface area contributed by atoms with E-state index in [-0.39, 0.29) is 0 Å². The summed E-state index contributed by atoms with van der Waals surface area (Å²) in [6, 6.07) is 0. The van der Waals surface area contributed by atoms with Crippen molar-refractivity contribution < 1.29 is 4.46 Å². The smallest absolute Gasteiger partial charge is 0.347 e. The second-order valence-electron chi connectivity index (χ2n) is 0.226. The minimum atomic E-state index is -2.19. The zero-order valence-electron chi connectivity index (χ0n) is 1.66. The monoisotopic (exact) mass is 114 g/mol. The third kappa shape index (κ3) is 18.6. The summed E-state index contributed by atoms with van der Waals surface area (Å²) in [6.45, 7) is 0. The van der Waals surface area contributed by atoms with Crippen LogP contribution in [0.25, 0.3) is 0 Å². The van der Waals surface area contributed by atoms with E-state index in [9.17, 15) is 0 Å². The SMILES string of the molecule is O=[Si](Cl)Cl. The lowest BCUT2D eigenvalue weighted by Gasteiger charge is -1.43. The zero-order chi connectivity index (χ0) is 3.58. The van der Waals surface area contributed by atoms with Gasteiger partial charge >= 0.3 is 7.30 Å². The molecule has 0 rings (SSSR count). The molecule has 0 fully saturated rings. The molecule has 0 saturated carbocycles. The van der Waals surface area contributed by atoms with Crippen LogP contribution in [0.2, 0.25) is 0 Å². The molecule has 4 heteroatoms. The fourth-order valence-corrected chi connectivity index (χ4v) is 0. The predicted octanol–water partition coefficient (Wildman–Crippen LogP) is 0.879. The van der Waals surface area contributed by atoms with Crippen LogP contribution in [0, 0.1) is 0 Å². The summed E-state index contributed by atoms with van der Waals surface area (Å²) in [5.74, 6) is 0. The van der Waals surface area contributed by atoms with Crippen molar-refractivity contribution in [3.05, 3.63) is 0 Å². The molecule has 1 nitrogen and oxygen atoms in total. The highest BCUT2D eigenvalue weighted by molar-refractivity contribution is 7.26. The number of hydrogen-bond acceptors (Lipinski definition) is 1. The largest absolute Gasteiger partial charge is 0.493 e. The molecule has 0 atom stereocenters. The van der Waals surface area contributed by atoms with Gasteiger partial charge in [0.15, 0.2) is 0 Å². The molecular weight excluding hydrogens is 115 g/mol. The molecule has 0 aliphatic rings. The van der Waals surface area contributed by atoms with Gasteiger partial charge in [0, 0.05) is 0 Å². The summed E-state index contributed by atoms with van der Waals surface area (Å²) in [7, 11) is -2.19. The minimum absolute atomic E-state index is 2.19. The summed E-state index contributed by atoms with van der Waals surface area (Å²) in [6.07, 6.45) is 0. The van der Waals surface area contributed by atoms with Gasteiger partial charge in [0.25, 0.3) is 0 Å². The van der Waals surface area contributed by atoms with Gasteiger partial charge in [-0.3, -0.25) is 0 Å². The van der Waals surface area contributed by atoms with Crippen LogP contribution in [0.15, 0.2) is 0 Å². The van der Waals surface area contributed by atoms with Gasteiger partial charge in [0.2, 0.25) is 0 Å². The average Bonchev–Trinajstić information content (AvgIpc) is 0.811. The Morgan fingerprint density at radius 2 is 1.50 bits per heavy atom. The Labute approximate surface area is 34.6 Å². The van der Waals surface area contributed by atoms with Crippen molar-refractivity contribution in [1.82, 2.24) is 0 Å². The van der Waals surface area contributed by atoms with Crippen molar-refractivity contribution in [3.8, 4) is 0 Å². The second kappa shape index (κ2) is 1.87. The van der Waals surface area contributed by atoms with E-state index < -0.39 is 7.30 Å². The quantitative estimate of drug-likeness (QED) is 0.338. The Morgan fingerprint density at radius 1 is 1.50 bits per heavy atom. The molecule has 0 aromatic rings. The molecule has 0 bridgehead atoms. The molecule has 0 saturated heterocycles. The van der Waals surface area contributed by atoms with E-state index in [1.54, 1.807) is 0 Å². The molecule has 24 valence electrons. The van der Waals surface area contributed by atoms with Crippen LogP contribution < -0.4 is 0 Å². The lowest BCUT2D eigenvalue weighted by atomic mass is 16.0. The highest BCUT2D eigenvalue weighted by Crippen LogP contribution is 1.76. The van der Waals surface area contributed by atoms with E-state index in [1.165, 1.54) is 0 Å². The van der Waals surface area contributed by atoms with E-state index in [0.29, 0.717) is 0 Å². The van der Waals surface area contributed by atoms with Gasteiger partial charge in [-0.15, -0.1) is 0 Å². The molecule has 0 spiro atoms. The fraction of sp³-hybridized carbons (Fsp3) is 0. The minimum Gasteiger partial charge on any atom is -0.347 e. The van der Waals surface area contributed by atoms with Crippen LogP contribution >= 0.6 is 22.2 Å². The van der Waals surface area contributed by atoms with Crippen molar-refractivity contribution in [1.29, 1.82) is 0 Å². The number of hydrogen-bond donors (Lipinski definition) is 0. The number of rotatable bonds is 0. The lowest BCUT2D eigenvalue weighted by molar-refractivity contribution is 0.582. The van der Waals surface area contributed by atoms with Gasteiger partial charge in [0.1, 0.15) is 0 Å². The summed E-state index contributed by atoms with van der Waals surface area (Å²) in [5.41, 5.74) is 0. The van der Waals surface area contributed by atoms with E-state index in [0.717, 1.165) is 0 Å². The van der Waals surface area contributed by atoms with Crippen molar-refractivity contribution in [2.75, 3.05) is 0 Å². The molecule has 0 aliphatic carbocycles. The molecule has 4 heavy (non-hydrogen) atoms. The summed E-state index contributed by atoms with van der Waals surface area (Å²) in [4.78, 5) is 0. The Morgan fingerprint density at radius 3 is 1.50 bits per heavy atom. The van der Waals surface area contributed by atoms with E-state index >= 15 is 0 Å². The van der Waals surface area contributed by atoms with Crippen LogP contribution in [0.5, 0.6) is 0 Å². The van der Waals surface area contributed by atoms with Crippen LogP contribution in [-0.2, 0) is 4.46 Å². The normalized spacial score (nSPS) is 6.50. The maximum Gasteiger partial charge on any atom is 0.493 e. The summed E-state index contributed by atoms with van der Waals surface area (Å²) in [5, 5.41) is 0. The zero-order valence-corrected chi connectivity index (χ0v) is 4.18. The highest BCUT2D eigenvalue weighted by atomic mass is 35.7. The molecule has 0 aliphatic heterocycles. The topological polar surface area (TPSA) is 17.1 Å². The second-order valence-corrected chi connectivity index (χ2v) is 3.32. The van der Waals surface area contributed by atoms with E-state index in [4.69, 9.17) is 4.46 Å². The van der Waals surface area contributed by atoms with Gasteiger partial charge in [0.05, 0.1) is 0 Å². The van der Waals surface area contributed by atoms with Crippen molar-refractivity contribution in [2.45, 2.75) is 0 Å². The van der Waals surface area contributed by atoms with Crippen LogP contribution in [0.4, 0.5) is 0 Å². The molecule has 0 aromatic heterocycles. The van der Waals surface area contributed by atoms with Crippen LogP contribution in [-0.4, -0.2) is 7.30 Å². The maximum absolute atomic E-state index is 9.16. The number of halogens is 2. The van der Waals surface area contributed by atoms with Gasteiger partial charge in [-0.25, -0.2) is 0 Å². The van der Waals surface area contributed by atoms with Crippen molar-refractivity contribution >= 4 is 29.5 Å². The lowest BCUT2D eigenvalue weighted by Crippen LogP contribution is -1.59. The highest BCUT2D eigenvalue weighted by Gasteiger charge is 1.80. The first kappa shape index (κ1) is 4.60. The molecule has 0 unspecified atom stereocenters. The van der Waals surface area contributed by atoms with Gasteiger partial charge in [-0.2, -0.15) is 0 Å². The van der Waals surface area contributed by atoms with E-state index in [2.05, 4.69) is 22.2 Å². The fourth-order valence-electron chi connectivity index (χ4n) is 0.